The minimum atomic E-state index is -5.08. The number of amides is 2. The third-order valence-electron chi connectivity index (χ3n) is 11.4. The van der Waals surface area contributed by atoms with Crippen molar-refractivity contribution in [2.75, 3.05) is 40.3 Å². The van der Waals surface area contributed by atoms with E-state index in [9.17, 15) is 33.0 Å². The minimum Gasteiger partial charge on any atom is -0.504 e. The second kappa shape index (κ2) is 24.4. The molecule has 2 amide bonds. The molecule has 2 aliphatic heterocycles. The summed E-state index contributed by atoms with van der Waals surface area (Å²) in [5.41, 5.74) is 15.7. The van der Waals surface area contributed by atoms with Crippen LogP contribution in [0.3, 0.4) is 0 Å². The van der Waals surface area contributed by atoms with Crippen LogP contribution >= 0.6 is 0 Å². The number of nitrogens with zero attached hydrogens (tertiary/aromatic N) is 8. The summed E-state index contributed by atoms with van der Waals surface area (Å²) in [6.07, 6.45) is -5.08. The molecule has 23 heteroatoms. The Morgan fingerprint density at radius 3 is 1.33 bits per heavy atom. The van der Waals surface area contributed by atoms with Gasteiger partial charge >= 0.3 is 24.2 Å². The second-order valence-corrected chi connectivity index (χ2v) is 17.1. The number of aliphatic carboxylic acids is 1. The normalized spacial score (nSPS) is 12.7. The van der Waals surface area contributed by atoms with Gasteiger partial charge in [-0.3, -0.25) is 19.6 Å². The van der Waals surface area contributed by atoms with Gasteiger partial charge in [0.2, 0.25) is 23.6 Å². The Balaban J connectivity index is 0.000000186. The van der Waals surface area contributed by atoms with E-state index in [-0.39, 0.29) is 57.9 Å². The number of carbonyl (C=O) groups is 3. The van der Waals surface area contributed by atoms with Gasteiger partial charge in [-0.25, -0.2) is 4.79 Å². The molecule has 10 rings (SSSR count). The number of ether oxygens (including phenoxy) is 4. The molecule has 79 heavy (non-hydrogen) atoms. The summed E-state index contributed by atoms with van der Waals surface area (Å²) < 4.78 is 55.5. The maximum Gasteiger partial charge on any atom is 0.490 e. The van der Waals surface area contributed by atoms with Gasteiger partial charge in [-0.2, -0.15) is 33.1 Å². The van der Waals surface area contributed by atoms with Crippen LogP contribution in [-0.4, -0.2) is 121 Å². The number of hydrogen-bond donors (Lipinski definition) is 5. The first-order valence-corrected chi connectivity index (χ1v) is 23.7. The summed E-state index contributed by atoms with van der Waals surface area (Å²) in [7, 11) is 4.00. The fourth-order valence-electron chi connectivity index (χ4n) is 7.54. The number of halogens is 3. The third-order valence-corrected chi connectivity index (χ3v) is 11.4. The molecule has 8 aromatic rings. The van der Waals surface area contributed by atoms with E-state index in [4.69, 9.17) is 40.3 Å². The van der Waals surface area contributed by atoms with E-state index in [1.165, 1.54) is 36.4 Å². The number of nitrogens with two attached hydrogens (primary N) is 2. The molecule has 0 bridgehead atoms. The van der Waals surface area contributed by atoms with Gasteiger partial charge in [0.25, 0.3) is 0 Å². The standard InChI is InChI=1S/2C27H23N5O4.C2HF3O2/c1-32-13-12-29-26(32)19-8-5-9-20(14-19)35-27-30-21(17-6-3-2-4-7-17)16-24(31-27)36-23-15-18(25(28)34)10-11-22(23)33;1-32-13-12-29-26(32)19-8-5-9-20(14-19)35-24-16-21(17-6-3-2-4-7-17)30-27(31-24)36-23-15-18(25(28)34)10-11-22(23)33;3-2(4,5)1(6)7/h2*2-11,14-16,33H,12-13H2,1H3,(H2,28,34);(H,6,7). The molecule has 0 radical (unpaired) electrons. The number of aromatic nitrogens is 4. The number of carboxylic acid groups (broad SMARTS) is 1. The maximum absolute atomic E-state index is 11.6. The number of hydrogen-bond acceptors (Lipinski definition) is 17. The van der Waals surface area contributed by atoms with Gasteiger partial charge in [-0.05, 0) is 60.7 Å². The van der Waals surface area contributed by atoms with Gasteiger partial charge in [0, 0.05) is 72.7 Å². The number of aromatic hydroxyl groups is 2. The van der Waals surface area contributed by atoms with Crippen LogP contribution in [0.25, 0.3) is 22.5 Å². The Morgan fingerprint density at radius 1 is 0.506 bits per heavy atom. The van der Waals surface area contributed by atoms with Crippen molar-refractivity contribution in [1.82, 2.24) is 29.7 Å². The van der Waals surface area contributed by atoms with Gasteiger partial charge in [-0.15, -0.1) is 0 Å². The highest BCUT2D eigenvalue weighted by Gasteiger charge is 2.38. The number of alkyl halides is 3. The van der Waals surface area contributed by atoms with Gasteiger partial charge in [-0.1, -0.05) is 84.9 Å². The van der Waals surface area contributed by atoms with E-state index in [2.05, 4.69) is 39.7 Å². The van der Waals surface area contributed by atoms with Crippen molar-refractivity contribution < 1.29 is 61.8 Å². The van der Waals surface area contributed by atoms with Crippen LogP contribution in [0, 0.1) is 0 Å². The molecule has 0 saturated carbocycles. The number of amidine groups is 2. The van der Waals surface area contributed by atoms with Gasteiger partial charge in [0.1, 0.15) is 23.2 Å². The van der Waals surface area contributed by atoms with Crippen LogP contribution in [0.1, 0.15) is 31.8 Å². The quantitative estimate of drug-likeness (QED) is 0.0678. The predicted octanol–water partition coefficient (Wildman–Crippen LogP) is 9.08. The SMILES string of the molecule is CN1CCN=C1c1cccc(Oc2cc(-c3ccccc3)nc(Oc3cc(C(N)=O)ccc3O)n2)c1.CN1CCN=C1c1cccc(Oc2nc(Oc3cc(C(N)=O)ccc3O)cc(-c3ccccc3)n2)c1.O=C(O)C(F)(F)F. The average Bonchev–Trinajstić information content (AvgIpc) is 4.09. The van der Waals surface area contributed by atoms with E-state index in [1.54, 1.807) is 18.2 Å². The highest BCUT2D eigenvalue weighted by Crippen LogP contribution is 2.36. The molecule has 0 fully saturated rings. The zero-order valence-corrected chi connectivity index (χ0v) is 41.9. The molecule has 0 saturated heterocycles. The van der Waals surface area contributed by atoms with E-state index in [0.29, 0.717) is 22.9 Å². The molecular weight excluding hydrogens is 1030 g/mol. The maximum atomic E-state index is 11.6. The number of aliphatic imine (C=N–C) groups is 2. The molecular formula is C56H47F3N10O10. The first kappa shape index (κ1) is 54.7. The molecule has 0 aliphatic carbocycles. The van der Waals surface area contributed by atoms with Crippen molar-refractivity contribution in [3.05, 3.63) is 180 Å². The number of primary amides is 2. The van der Waals surface area contributed by atoms with Crippen molar-refractivity contribution in [3.63, 3.8) is 0 Å². The fourth-order valence-corrected chi connectivity index (χ4v) is 7.54. The van der Waals surface area contributed by atoms with Gasteiger partial charge in [0.05, 0.1) is 24.5 Å². The third kappa shape index (κ3) is 14.4. The highest BCUT2D eigenvalue weighted by molar-refractivity contribution is 6.00. The summed E-state index contributed by atoms with van der Waals surface area (Å²) in [4.78, 5) is 63.2. The Hall–Kier alpha value is -10.6. The Bertz CT molecular complexity index is 3370. The monoisotopic (exact) mass is 1080 g/mol. The van der Waals surface area contributed by atoms with Crippen LogP contribution in [0.15, 0.2) is 168 Å². The van der Waals surface area contributed by atoms with Crippen molar-refractivity contribution in [3.8, 4) is 80.8 Å². The lowest BCUT2D eigenvalue weighted by molar-refractivity contribution is -0.192. The Kier molecular flexibility index (Phi) is 16.9. The number of carboxylic acids is 1. The molecule has 2 aromatic heterocycles. The molecule has 20 nitrogen and oxygen atoms in total. The lowest BCUT2D eigenvalue weighted by Crippen LogP contribution is -2.23. The lowest BCUT2D eigenvalue weighted by Gasteiger charge is -2.15. The van der Waals surface area contributed by atoms with Crippen molar-refractivity contribution in [2.45, 2.75) is 6.18 Å². The van der Waals surface area contributed by atoms with E-state index >= 15 is 0 Å². The largest absolute Gasteiger partial charge is 0.504 e. The number of carbonyl (C=O) groups excluding carboxylic acids is 2. The molecule has 4 heterocycles. The molecule has 2 aliphatic rings. The first-order valence-electron chi connectivity index (χ1n) is 23.7. The van der Waals surface area contributed by atoms with Gasteiger partial charge < -0.3 is 55.5 Å². The number of likely N-dealkylation sites (N-methyl/N-ethyl adjacent to an activating group) is 2. The smallest absolute Gasteiger partial charge is 0.490 e. The van der Waals surface area contributed by atoms with E-state index < -0.39 is 24.0 Å². The zero-order valence-electron chi connectivity index (χ0n) is 41.9. The average molecular weight is 1080 g/mol. The molecule has 0 spiro atoms. The summed E-state index contributed by atoms with van der Waals surface area (Å²) in [6, 6.07) is 45.6. The first-order chi connectivity index (χ1) is 37.9. The molecule has 0 atom stereocenters. The van der Waals surface area contributed by atoms with Crippen molar-refractivity contribution in [1.29, 1.82) is 0 Å². The Morgan fingerprint density at radius 2 is 0.911 bits per heavy atom. The number of benzene rings is 6. The van der Waals surface area contributed by atoms with Crippen LogP contribution < -0.4 is 30.4 Å². The van der Waals surface area contributed by atoms with Crippen molar-refractivity contribution >= 4 is 29.5 Å². The molecule has 0 unspecified atom stereocenters. The summed E-state index contributed by atoms with van der Waals surface area (Å²) in [5, 5.41) is 27.6. The van der Waals surface area contributed by atoms with Gasteiger partial charge in [0.15, 0.2) is 23.0 Å². The number of phenols is 2. The molecule has 6 aromatic carbocycles. The van der Waals surface area contributed by atoms with Crippen LogP contribution in [0.4, 0.5) is 13.2 Å². The van der Waals surface area contributed by atoms with Crippen LogP contribution in [0.2, 0.25) is 0 Å². The van der Waals surface area contributed by atoms with E-state index in [0.717, 1.165) is 60.1 Å². The Labute approximate surface area is 448 Å². The number of rotatable bonds is 14. The molecule has 7 N–H and O–H groups in total. The number of phenolic OH excluding ortho intramolecular Hbond substituents is 2. The summed E-state index contributed by atoms with van der Waals surface area (Å²) in [6.45, 7) is 3.25. The summed E-state index contributed by atoms with van der Waals surface area (Å²) >= 11 is 0. The van der Waals surface area contributed by atoms with Crippen LogP contribution in [0.5, 0.6) is 58.3 Å². The second-order valence-electron chi connectivity index (χ2n) is 17.1. The zero-order chi connectivity index (χ0) is 56.2. The van der Waals surface area contributed by atoms with E-state index in [1.807, 2.05) is 117 Å². The lowest BCUT2D eigenvalue weighted by atomic mass is 10.1. The highest BCUT2D eigenvalue weighted by atomic mass is 19.4. The predicted molar refractivity (Wildman–Crippen MR) is 283 cm³/mol. The van der Waals surface area contributed by atoms with Crippen LogP contribution in [-0.2, 0) is 4.79 Å². The minimum absolute atomic E-state index is 0.00765. The fraction of sp³-hybridized carbons (Fsp3) is 0.125. The molecule has 402 valence electrons. The summed E-state index contributed by atoms with van der Waals surface area (Å²) in [5.74, 6) is -1.14. The topological polar surface area (TPSA) is 284 Å². The van der Waals surface area contributed by atoms with Crippen molar-refractivity contribution in [2.24, 2.45) is 21.5 Å².